The minimum Gasteiger partial charge on any atom is -0.490 e. The molecule has 1 heterocycles. The van der Waals surface area contributed by atoms with Crippen molar-refractivity contribution in [2.24, 2.45) is 0 Å². The highest BCUT2D eigenvalue weighted by molar-refractivity contribution is 7.25. The van der Waals surface area contributed by atoms with Gasteiger partial charge in [0.1, 0.15) is 5.82 Å². The van der Waals surface area contributed by atoms with Crippen LogP contribution in [0.5, 0.6) is 5.75 Å². The Morgan fingerprint density at radius 1 is 1.00 bits per heavy atom. The first-order valence-corrected chi connectivity index (χ1v) is 9.98. The second-order valence-corrected chi connectivity index (χ2v) is 7.91. The third-order valence-electron chi connectivity index (χ3n) is 5.23. The van der Waals surface area contributed by atoms with Crippen molar-refractivity contribution in [2.45, 2.75) is 51.4 Å². The Kier molecular flexibility index (Phi) is 4.63. The first-order valence-electron chi connectivity index (χ1n) is 9.16. The fourth-order valence-corrected chi connectivity index (χ4v) is 5.00. The van der Waals surface area contributed by atoms with Gasteiger partial charge in [0.2, 0.25) is 0 Å². The molecule has 1 aliphatic rings. The molecule has 3 aromatic rings. The minimum absolute atomic E-state index is 0.154. The summed E-state index contributed by atoms with van der Waals surface area (Å²) in [4.78, 5) is 0. The summed E-state index contributed by atoms with van der Waals surface area (Å²) in [6.45, 7) is 2.57. The van der Waals surface area contributed by atoms with Gasteiger partial charge in [-0.3, -0.25) is 0 Å². The van der Waals surface area contributed by atoms with E-state index in [-0.39, 0.29) is 17.4 Å². The lowest BCUT2D eigenvalue weighted by Crippen LogP contribution is -1.98. The highest BCUT2D eigenvalue weighted by Crippen LogP contribution is 2.43. The third kappa shape index (κ3) is 2.91. The molecule has 0 N–H and O–H groups in total. The Balaban J connectivity index is 1.80. The molecule has 1 aliphatic carbocycles. The number of ether oxygens (including phenoxy) is 1. The van der Waals surface area contributed by atoms with E-state index in [9.17, 15) is 4.39 Å². The lowest BCUT2D eigenvalue weighted by molar-refractivity contribution is 0.295. The van der Waals surface area contributed by atoms with E-state index in [4.69, 9.17) is 4.74 Å². The second-order valence-electron chi connectivity index (χ2n) is 6.89. The van der Waals surface area contributed by atoms with Crippen molar-refractivity contribution < 1.29 is 13.5 Å². The van der Waals surface area contributed by atoms with Crippen molar-refractivity contribution in [1.29, 1.82) is 0 Å². The molecular formula is C21H22F2OS. The van der Waals surface area contributed by atoms with E-state index in [1.807, 2.05) is 18.2 Å². The molecule has 1 aromatic heterocycles. The average molecular weight is 360 g/mol. The molecule has 0 saturated heterocycles. The number of hydrogen-bond acceptors (Lipinski definition) is 2. The van der Waals surface area contributed by atoms with Crippen LogP contribution in [-0.2, 0) is 0 Å². The average Bonchev–Trinajstić information content (AvgIpc) is 3.26. The molecule has 0 bridgehead atoms. The number of fused-ring (bicyclic) bond motifs is 3. The van der Waals surface area contributed by atoms with E-state index in [0.29, 0.717) is 21.9 Å². The van der Waals surface area contributed by atoms with Crippen LogP contribution < -0.4 is 4.74 Å². The minimum atomic E-state index is -0.364. The van der Waals surface area contributed by atoms with Crippen LogP contribution in [0.2, 0.25) is 0 Å². The van der Waals surface area contributed by atoms with Crippen molar-refractivity contribution in [2.75, 3.05) is 6.61 Å². The number of thiophene rings is 1. The van der Waals surface area contributed by atoms with Gasteiger partial charge in [-0.05, 0) is 42.9 Å². The summed E-state index contributed by atoms with van der Waals surface area (Å²) < 4.78 is 36.5. The normalized spacial score (nSPS) is 15.5. The van der Waals surface area contributed by atoms with E-state index in [2.05, 4.69) is 6.92 Å². The van der Waals surface area contributed by atoms with Gasteiger partial charge < -0.3 is 4.74 Å². The maximum Gasteiger partial charge on any atom is 0.182 e. The SMILES string of the molecule is CCCCOc1ccc2c(sc3c(F)c(C4CCCC4)ccc32)c1F. The molecule has 132 valence electrons. The van der Waals surface area contributed by atoms with Crippen LogP contribution in [0, 0.1) is 11.6 Å². The number of hydrogen-bond donors (Lipinski definition) is 0. The van der Waals surface area contributed by atoms with Gasteiger partial charge in [-0.2, -0.15) is 0 Å². The monoisotopic (exact) mass is 360 g/mol. The van der Waals surface area contributed by atoms with Gasteiger partial charge in [0.25, 0.3) is 0 Å². The lowest BCUT2D eigenvalue weighted by Gasteiger charge is -2.11. The summed E-state index contributed by atoms with van der Waals surface area (Å²) in [6.07, 6.45) is 6.34. The van der Waals surface area contributed by atoms with Gasteiger partial charge in [-0.1, -0.05) is 38.3 Å². The smallest absolute Gasteiger partial charge is 0.182 e. The van der Waals surface area contributed by atoms with Gasteiger partial charge in [-0.15, -0.1) is 11.3 Å². The summed E-state index contributed by atoms with van der Waals surface area (Å²) in [5.41, 5.74) is 0.802. The van der Waals surface area contributed by atoms with E-state index in [1.54, 1.807) is 6.07 Å². The molecule has 0 spiro atoms. The Morgan fingerprint density at radius 3 is 2.40 bits per heavy atom. The first kappa shape index (κ1) is 16.8. The fourth-order valence-electron chi connectivity index (χ4n) is 3.83. The number of benzene rings is 2. The van der Waals surface area contributed by atoms with Crippen molar-refractivity contribution in [3.63, 3.8) is 0 Å². The number of rotatable bonds is 5. The summed E-state index contributed by atoms with van der Waals surface area (Å²) in [7, 11) is 0. The zero-order chi connectivity index (χ0) is 17.4. The van der Waals surface area contributed by atoms with E-state index in [0.717, 1.165) is 42.0 Å². The van der Waals surface area contributed by atoms with Crippen molar-refractivity contribution in [3.8, 4) is 5.75 Å². The molecule has 0 amide bonds. The largest absolute Gasteiger partial charge is 0.490 e. The predicted molar refractivity (Wildman–Crippen MR) is 101 cm³/mol. The summed E-state index contributed by atoms with van der Waals surface area (Å²) in [6, 6.07) is 7.39. The molecule has 0 radical (unpaired) electrons. The van der Waals surface area contributed by atoms with Gasteiger partial charge in [-0.25, -0.2) is 8.78 Å². The van der Waals surface area contributed by atoms with E-state index in [1.165, 1.54) is 24.2 Å². The summed E-state index contributed by atoms with van der Waals surface area (Å²) in [5, 5.41) is 1.58. The molecule has 0 atom stereocenters. The number of unbranched alkanes of at least 4 members (excludes halogenated alkanes) is 1. The Bertz CT molecular complexity index is 909. The van der Waals surface area contributed by atoms with Crippen molar-refractivity contribution in [1.82, 2.24) is 0 Å². The molecule has 1 fully saturated rings. The summed E-state index contributed by atoms with van der Waals surface area (Å²) >= 11 is 1.21. The van der Waals surface area contributed by atoms with Crippen LogP contribution in [0.25, 0.3) is 20.2 Å². The second kappa shape index (κ2) is 6.91. The quantitative estimate of drug-likeness (QED) is 0.438. The van der Waals surface area contributed by atoms with Crippen LogP contribution in [0.1, 0.15) is 56.9 Å². The van der Waals surface area contributed by atoms with E-state index < -0.39 is 0 Å². The van der Waals surface area contributed by atoms with Crippen LogP contribution in [-0.4, -0.2) is 6.61 Å². The lowest BCUT2D eigenvalue weighted by atomic mass is 9.96. The molecule has 4 rings (SSSR count). The Hall–Kier alpha value is -1.68. The predicted octanol–water partition coefficient (Wildman–Crippen LogP) is 7.17. The first-order chi connectivity index (χ1) is 12.2. The van der Waals surface area contributed by atoms with Gasteiger partial charge in [0.05, 0.1) is 16.0 Å². The van der Waals surface area contributed by atoms with Crippen LogP contribution in [0.4, 0.5) is 8.78 Å². The molecule has 0 aliphatic heterocycles. The Morgan fingerprint density at radius 2 is 1.68 bits per heavy atom. The highest BCUT2D eigenvalue weighted by Gasteiger charge is 2.23. The molecule has 25 heavy (non-hydrogen) atoms. The number of halogens is 2. The van der Waals surface area contributed by atoms with Gasteiger partial charge in [0.15, 0.2) is 11.6 Å². The van der Waals surface area contributed by atoms with Crippen LogP contribution in [0.3, 0.4) is 0 Å². The van der Waals surface area contributed by atoms with Gasteiger partial charge >= 0.3 is 0 Å². The maximum absolute atomic E-state index is 15.1. The fraction of sp³-hybridized carbons (Fsp3) is 0.429. The molecule has 2 aromatic carbocycles. The van der Waals surface area contributed by atoms with Gasteiger partial charge in [0, 0.05) is 10.8 Å². The topological polar surface area (TPSA) is 9.23 Å². The van der Waals surface area contributed by atoms with E-state index >= 15 is 4.39 Å². The third-order valence-corrected chi connectivity index (χ3v) is 6.44. The van der Waals surface area contributed by atoms with Crippen molar-refractivity contribution in [3.05, 3.63) is 41.5 Å². The molecule has 4 heteroatoms. The van der Waals surface area contributed by atoms with Crippen LogP contribution >= 0.6 is 11.3 Å². The zero-order valence-corrected chi connectivity index (χ0v) is 15.2. The highest BCUT2D eigenvalue weighted by atomic mass is 32.1. The molecule has 0 unspecified atom stereocenters. The molecule has 1 saturated carbocycles. The molecule has 1 nitrogen and oxygen atoms in total. The molecular weight excluding hydrogens is 338 g/mol. The maximum atomic E-state index is 15.1. The summed E-state index contributed by atoms with van der Waals surface area (Å²) in [5.74, 6) is 0.0615. The van der Waals surface area contributed by atoms with Crippen LogP contribution in [0.15, 0.2) is 24.3 Å². The van der Waals surface area contributed by atoms with Crippen molar-refractivity contribution >= 4 is 31.5 Å². The zero-order valence-electron chi connectivity index (χ0n) is 14.4. The Labute approximate surface area is 150 Å². The standard InChI is InChI=1S/C21H22F2OS/c1-2-3-12-24-17-11-10-16-15-9-8-14(13-6-4-5-7-13)18(22)20(15)25-21(16)19(17)23/h8-11,13H,2-7,12H2,1H3.